The zero-order valence-electron chi connectivity index (χ0n) is 12.4. The first-order valence-electron chi connectivity index (χ1n) is 6.95. The first-order chi connectivity index (χ1) is 10.2. The minimum Gasteiger partial charge on any atom is -0.497 e. The zero-order valence-corrected chi connectivity index (χ0v) is 12.4. The van der Waals surface area contributed by atoms with Gasteiger partial charge in [-0.2, -0.15) is 0 Å². The van der Waals surface area contributed by atoms with E-state index in [9.17, 15) is 0 Å². The van der Waals surface area contributed by atoms with Gasteiger partial charge in [0.05, 0.1) is 7.11 Å². The second-order valence-electron chi connectivity index (χ2n) is 4.61. The van der Waals surface area contributed by atoms with Crippen LogP contribution in [-0.2, 0) is 6.54 Å². The van der Waals surface area contributed by atoms with Crippen LogP contribution in [0.5, 0.6) is 5.75 Å². The number of benzene rings is 1. The van der Waals surface area contributed by atoms with Gasteiger partial charge in [0, 0.05) is 13.1 Å². The third-order valence-corrected chi connectivity index (χ3v) is 3.05. The van der Waals surface area contributed by atoms with Crippen molar-refractivity contribution >= 4 is 17.3 Å². The van der Waals surface area contributed by atoms with Crippen LogP contribution in [0.25, 0.3) is 0 Å². The summed E-state index contributed by atoms with van der Waals surface area (Å²) in [5.74, 6) is 2.15. The van der Waals surface area contributed by atoms with E-state index in [1.165, 1.54) is 6.33 Å². The Bertz CT molecular complexity index is 571. The van der Waals surface area contributed by atoms with Gasteiger partial charge in [-0.1, -0.05) is 19.1 Å². The molecule has 1 heterocycles. The third kappa shape index (κ3) is 3.98. The number of hydrogen-bond acceptors (Lipinski definition) is 6. The number of nitrogen functional groups attached to an aromatic ring is 1. The van der Waals surface area contributed by atoms with Crippen LogP contribution in [0.3, 0.4) is 0 Å². The lowest BCUT2D eigenvalue weighted by Gasteiger charge is -2.12. The lowest BCUT2D eigenvalue weighted by atomic mass is 10.2. The number of rotatable bonds is 7. The number of hydrogen-bond donors (Lipinski definition) is 3. The molecule has 21 heavy (non-hydrogen) atoms. The largest absolute Gasteiger partial charge is 0.497 e. The second kappa shape index (κ2) is 7.33. The predicted molar refractivity (Wildman–Crippen MR) is 85.5 cm³/mol. The van der Waals surface area contributed by atoms with Crippen molar-refractivity contribution in [3.05, 3.63) is 36.2 Å². The number of nitrogens with one attached hydrogen (secondary N) is 2. The zero-order chi connectivity index (χ0) is 15.1. The van der Waals surface area contributed by atoms with Crippen LogP contribution in [0.1, 0.15) is 18.9 Å². The van der Waals surface area contributed by atoms with Crippen molar-refractivity contribution in [2.24, 2.45) is 0 Å². The minimum atomic E-state index is 0.541. The highest BCUT2D eigenvalue weighted by Gasteiger charge is 2.07. The summed E-state index contributed by atoms with van der Waals surface area (Å²) in [7, 11) is 1.65. The summed E-state index contributed by atoms with van der Waals surface area (Å²) in [5, 5.41) is 6.41. The van der Waals surface area contributed by atoms with Gasteiger partial charge in [-0.25, -0.2) is 9.97 Å². The summed E-state index contributed by atoms with van der Waals surface area (Å²) in [5.41, 5.74) is 7.73. The third-order valence-electron chi connectivity index (χ3n) is 3.05. The van der Waals surface area contributed by atoms with Gasteiger partial charge in [0.2, 0.25) is 0 Å². The number of nitrogens with two attached hydrogens (primary N) is 1. The molecule has 0 atom stereocenters. The molecular weight excluding hydrogens is 266 g/mol. The highest BCUT2D eigenvalue weighted by Crippen LogP contribution is 2.23. The summed E-state index contributed by atoms with van der Waals surface area (Å²) < 4.78 is 5.14. The Morgan fingerprint density at radius 1 is 1.10 bits per heavy atom. The Morgan fingerprint density at radius 2 is 1.76 bits per heavy atom. The maximum atomic E-state index is 6.06. The second-order valence-corrected chi connectivity index (χ2v) is 4.61. The van der Waals surface area contributed by atoms with E-state index in [1.807, 2.05) is 24.3 Å². The van der Waals surface area contributed by atoms with E-state index >= 15 is 0 Å². The van der Waals surface area contributed by atoms with Gasteiger partial charge in [0.15, 0.2) is 11.6 Å². The quantitative estimate of drug-likeness (QED) is 0.725. The van der Waals surface area contributed by atoms with Gasteiger partial charge in [-0.3, -0.25) is 0 Å². The van der Waals surface area contributed by atoms with Crippen LogP contribution in [0.4, 0.5) is 17.3 Å². The standard InChI is InChI=1S/C15H21N5O/c1-3-8-17-14-13(16)15(20-10-19-14)18-9-11-4-6-12(21-2)7-5-11/h4-7,10H,3,8-9,16H2,1-2H3,(H2,17,18,19,20). The maximum Gasteiger partial charge on any atom is 0.155 e. The Labute approximate surface area is 124 Å². The highest BCUT2D eigenvalue weighted by molar-refractivity contribution is 5.73. The molecule has 6 nitrogen and oxygen atoms in total. The van der Waals surface area contributed by atoms with E-state index in [2.05, 4.69) is 27.5 Å². The molecule has 0 saturated heterocycles. The van der Waals surface area contributed by atoms with Gasteiger partial charge >= 0.3 is 0 Å². The molecule has 1 aromatic heterocycles. The number of aromatic nitrogens is 2. The lowest BCUT2D eigenvalue weighted by molar-refractivity contribution is 0.414. The molecule has 112 valence electrons. The van der Waals surface area contributed by atoms with Crippen molar-refractivity contribution < 1.29 is 4.74 Å². The average Bonchev–Trinajstić information content (AvgIpc) is 2.53. The molecule has 0 bridgehead atoms. The molecule has 2 aromatic rings. The summed E-state index contributed by atoms with van der Waals surface area (Å²) in [6, 6.07) is 7.85. The van der Waals surface area contributed by atoms with Crippen molar-refractivity contribution in [2.45, 2.75) is 19.9 Å². The summed E-state index contributed by atoms with van der Waals surface area (Å²) >= 11 is 0. The molecule has 0 radical (unpaired) electrons. The number of methoxy groups -OCH3 is 1. The van der Waals surface area contributed by atoms with E-state index in [0.29, 0.717) is 23.9 Å². The number of ether oxygens (including phenoxy) is 1. The Morgan fingerprint density at radius 3 is 2.38 bits per heavy atom. The monoisotopic (exact) mass is 287 g/mol. The fourth-order valence-corrected chi connectivity index (χ4v) is 1.85. The number of anilines is 3. The van der Waals surface area contributed by atoms with Crippen LogP contribution >= 0.6 is 0 Å². The highest BCUT2D eigenvalue weighted by atomic mass is 16.5. The van der Waals surface area contributed by atoms with Crippen molar-refractivity contribution in [2.75, 3.05) is 30.0 Å². The Kier molecular flexibility index (Phi) is 5.20. The summed E-state index contributed by atoms with van der Waals surface area (Å²) in [6.07, 6.45) is 2.52. The fourth-order valence-electron chi connectivity index (χ4n) is 1.85. The van der Waals surface area contributed by atoms with Gasteiger partial charge in [0.1, 0.15) is 17.8 Å². The van der Waals surface area contributed by atoms with E-state index in [0.717, 1.165) is 24.3 Å². The van der Waals surface area contributed by atoms with Crippen molar-refractivity contribution in [3.63, 3.8) is 0 Å². The molecule has 0 aliphatic rings. The van der Waals surface area contributed by atoms with Crippen LogP contribution in [-0.4, -0.2) is 23.6 Å². The molecule has 0 amide bonds. The van der Waals surface area contributed by atoms with Crippen molar-refractivity contribution in [1.29, 1.82) is 0 Å². The first-order valence-corrected chi connectivity index (χ1v) is 6.95. The molecule has 4 N–H and O–H groups in total. The molecule has 0 spiro atoms. The predicted octanol–water partition coefficient (Wildman–Crippen LogP) is 2.50. The Hall–Kier alpha value is -2.50. The minimum absolute atomic E-state index is 0.541. The smallest absolute Gasteiger partial charge is 0.155 e. The topological polar surface area (TPSA) is 85.1 Å². The first kappa shape index (κ1) is 14.9. The molecule has 6 heteroatoms. The van der Waals surface area contributed by atoms with Gasteiger partial charge in [0.25, 0.3) is 0 Å². The molecule has 0 fully saturated rings. The van der Waals surface area contributed by atoms with Crippen LogP contribution in [0.2, 0.25) is 0 Å². The fraction of sp³-hybridized carbons (Fsp3) is 0.333. The molecule has 1 aromatic carbocycles. The Balaban J connectivity index is 2.01. The van der Waals surface area contributed by atoms with E-state index in [1.54, 1.807) is 7.11 Å². The van der Waals surface area contributed by atoms with Crippen LogP contribution in [0.15, 0.2) is 30.6 Å². The number of nitrogens with zero attached hydrogens (tertiary/aromatic N) is 2. The van der Waals surface area contributed by atoms with E-state index in [4.69, 9.17) is 10.5 Å². The molecule has 2 rings (SSSR count). The van der Waals surface area contributed by atoms with Gasteiger partial charge in [-0.15, -0.1) is 0 Å². The molecule has 0 saturated carbocycles. The maximum absolute atomic E-state index is 6.06. The van der Waals surface area contributed by atoms with Gasteiger partial charge in [-0.05, 0) is 24.1 Å². The van der Waals surface area contributed by atoms with E-state index in [-0.39, 0.29) is 0 Å². The van der Waals surface area contributed by atoms with Gasteiger partial charge < -0.3 is 21.1 Å². The van der Waals surface area contributed by atoms with Crippen molar-refractivity contribution in [1.82, 2.24) is 9.97 Å². The van der Waals surface area contributed by atoms with E-state index < -0.39 is 0 Å². The molecule has 0 aliphatic heterocycles. The lowest BCUT2D eigenvalue weighted by Crippen LogP contribution is -2.10. The van der Waals surface area contributed by atoms with Crippen LogP contribution < -0.4 is 21.1 Å². The van der Waals surface area contributed by atoms with Crippen LogP contribution in [0, 0.1) is 0 Å². The summed E-state index contributed by atoms with van der Waals surface area (Å²) in [6.45, 7) is 3.56. The summed E-state index contributed by atoms with van der Waals surface area (Å²) in [4.78, 5) is 8.33. The normalized spacial score (nSPS) is 10.2. The SMILES string of the molecule is CCCNc1ncnc(NCc2ccc(OC)cc2)c1N. The molecular formula is C15H21N5O. The molecule has 0 aliphatic carbocycles. The average molecular weight is 287 g/mol. The van der Waals surface area contributed by atoms with Crippen molar-refractivity contribution in [3.8, 4) is 5.75 Å². The molecule has 0 unspecified atom stereocenters.